The fraction of sp³-hybridized carbons (Fsp3) is 0.318. The number of aromatic hydroxyl groups is 1. The number of ether oxygens (including phenoxy) is 1. The summed E-state index contributed by atoms with van der Waals surface area (Å²) in [6, 6.07) is 12.7. The van der Waals surface area contributed by atoms with Crippen molar-refractivity contribution in [2.24, 2.45) is 5.41 Å². The number of esters is 1. The molecule has 0 bridgehead atoms. The molecule has 6 nitrogen and oxygen atoms in total. The quantitative estimate of drug-likeness (QED) is 0.531. The Labute approximate surface area is 164 Å². The fourth-order valence-electron chi connectivity index (χ4n) is 2.94. The van der Waals surface area contributed by atoms with Gasteiger partial charge in [0, 0.05) is 12.0 Å². The predicted molar refractivity (Wildman–Crippen MR) is 108 cm³/mol. The van der Waals surface area contributed by atoms with E-state index >= 15 is 0 Å². The van der Waals surface area contributed by atoms with Crippen LogP contribution in [-0.4, -0.2) is 32.7 Å². The van der Waals surface area contributed by atoms with Crippen LogP contribution >= 0.6 is 0 Å². The minimum absolute atomic E-state index is 0.0741. The number of allylic oxidation sites excluding steroid dienone is 1. The minimum atomic E-state index is -0.311. The molecule has 0 unspecified atom stereocenters. The van der Waals surface area contributed by atoms with Crippen molar-refractivity contribution in [2.45, 2.75) is 34.1 Å². The Hall–Kier alpha value is -3.15. The molecule has 3 rings (SSSR count). The maximum absolute atomic E-state index is 12.1. The highest BCUT2D eigenvalue weighted by molar-refractivity contribution is 5.87. The third-order valence-electron chi connectivity index (χ3n) is 4.14. The van der Waals surface area contributed by atoms with Gasteiger partial charge in [-0.2, -0.15) is 0 Å². The minimum Gasteiger partial charge on any atom is -0.506 e. The number of aromatic nitrogens is 3. The lowest BCUT2D eigenvalue weighted by molar-refractivity contribution is -0.138. The summed E-state index contributed by atoms with van der Waals surface area (Å²) in [5.41, 5.74) is 3.44. The van der Waals surface area contributed by atoms with E-state index in [1.807, 2.05) is 51.1 Å². The fourth-order valence-corrected chi connectivity index (χ4v) is 2.94. The van der Waals surface area contributed by atoms with Crippen molar-refractivity contribution < 1.29 is 14.6 Å². The monoisotopic (exact) mass is 379 g/mol. The van der Waals surface area contributed by atoms with E-state index in [0.717, 1.165) is 16.6 Å². The number of nitrogens with zero attached hydrogens (tertiary/aromatic N) is 3. The van der Waals surface area contributed by atoms with Crippen LogP contribution in [0.3, 0.4) is 0 Å². The molecule has 146 valence electrons. The lowest BCUT2D eigenvalue weighted by Gasteiger charge is -2.14. The van der Waals surface area contributed by atoms with Gasteiger partial charge in [-0.3, -0.25) is 0 Å². The second kappa shape index (κ2) is 7.84. The van der Waals surface area contributed by atoms with Crippen molar-refractivity contribution >= 4 is 17.0 Å². The highest BCUT2D eigenvalue weighted by atomic mass is 16.5. The standard InChI is InChI=1S/C22H25N3O3/c1-15(14-22(2,3)4)21(27)28-12-11-16-9-10-20(26)19(13-16)25-23-17-7-5-6-8-18(17)24-25/h5-10,13-14,26H,11-12H2,1-4H3. The van der Waals surface area contributed by atoms with E-state index in [4.69, 9.17) is 4.74 Å². The van der Waals surface area contributed by atoms with Gasteiger partial charge in [0.2, 0.25) is 0 Å². The topological polar surface area (TPSA) is 77.2 Å². The van der Waals surface area contributed by atoms with Gasteiger partial charge in [0.15, 0.2) is 0 Å². The van der Waals surface area contributed by atoms with Gasteiger partial charge < -0.3 is 9.84 Å². The summed E-state index contributed by atoms with van der Waals surface area (Å²) in [7, 11) is 0. The molecule has 3 aromatic rings. The molecule has 2 aromatic carbocycles. The zero-order valence-corrected chi connectivity index (χ0v) is 16.6. The van der Waals surface area contributed by atoms with Crippen LogP contribution < -0.4 is 0 Å². The molecule has 28 heavy (non-hydrogen) atoms. The maximum atomic E-state index is 12.1. The van der Waals surface area contributed by atoms with Crippen molar-refractivity contribution in [3.05, 3.63) is 59.7 Å². The molecular weight excluding hydrogens is 354 g/mol. The molecule has 6 heteroatoms. The Bertz CT molecular complexity index is 996. The van der Waals surface area contributed by atoms with Crippen LogP contribution in [0.15, 0.2) is 54.1 Å². The Morgan fingerprint density at radius 2 is 1.79 bits per heavy atom. The van der Waals surface area contributed by atoms with Crippen LogP contribution in [0.1, 0.15) is 33.3 Å². The first kappa shape index (κ1) is 19.6. The van der Waals surface area contributed by atoms with E-state index in [9.17, 15) is 9.90 Å². The lowest BCUT2D eigenvalue weighted by atomic mass is 9.94. The first-order chi connectivity index (χ1) is 13.2. The SMILES string of the molecule is CC(=CC(C)(C)C)C(=O)OCCc1ccc(O)c(-n2nc3ccccc3n2)c1. The van der Waals surface area contributed by atoms with Crippen molar-refractivity contribution in [1.29, 1.82) is 0 Å². The molecule has 0 aliphatic carbocycles. The summed E-state index contributed by atoms with van der Waals surface area (Å²) in [4.78, 5) is 13.5. The molecule has 0 radical (unpaired) electrons. The Morgan fingerprint density at radius 3 is 2.39 bits per heavy atom. The molecule has 1 N–H and O–H groups in total. The van der Waals surface area contributed by atoms with E-state index in [2.05, 4.69) is 10.2 Å². The van der Waals surface area contributed by atoms with Crippen LogP contribution in [0.25, 0.3) is 16.7 Å². The molecule has 0 atom stereocenters. The van der Waals surface area contributed by atoms with Gasteiger partial charge in [0.05, 0.1) is 6.61 Å². The van der Waals surface area contributed by atoms with Gasteiger partial charge in [0.1, 0.15) is 22.5 Å². The molecule has 0 spiro atoms. The number of fused-ring (bicyclic) bond motifs is 1. The van der Waals surface area contributed by atoms with Crippen LogP contribution in [0.5, 0.6) is 5.75 Å². The number of carbonyl (C=O) groups excluding carboxylic acids is 1. The average Bonchev–Trinajstić information content (AvgIpc) is 3.05. The molecular formula is C22H25N3O3. The van der Waals surface area contributed by atoms with Crippen molar-refractivity contribution in [3.8, 4) is 11.4 Å². The summed E-state index contributed by atoms with van der Waals surface area (Å²) in [6.45, 7) is 8.13. The summed E-state index contributed by atoms with van der Waals surface area (Å²) in [5, 5.41) is 19.0. The first-order valence-corrected chi connectivity index (χ1v) is 9.24. The molecule has 1 heterocycles. The number of carbonyl (C=O) groups is 1. The molecule has 0 fully saturated rings. The highest BCUT2D eigenvalue weighted by Crippen LogP contribution is 2.23. The molecule has 0 saturated heterocycles. The smallest absolute Gasteiger partial charge is 0.333 e. The molecule has 0 aliphatic heterocycles. The van der Waals surface area contributed by atoms with Gasteiger partial charge in [-0.1, -0.05) is 45.0 Å². The molecule has 1 aromatic heterocycles. The third kappa shape index (κ3) is 4.76. The molecule has 0 saturated carbocycles. The summed E-state index contributed by atoms with van der Waals surface area (Å²) in [6.07, 6.45) is 2.44. The summed E-state index contributed by atoms with van der Waals surface area (Å²) < 4.78 is 5.37. The number of phenolic OH excluding ortho intramolecular Hbond substituents is 1. The Morgan fingerprint density at radius 1 is 1.14 bits per heavy atom. The summed E-state index contributed by atoms with van der Waals surface area (Å²) >= 11 is 0. The average molecular weight is 379 g/mol. The Kier molecular flexibility index (Phi) is 5.49. The first-order valence-electron chi connectivity index (χ1n) is 9.24. The zero-order chi connectivity index (χ0) is 20.3. The largest absolute Gasteiger partial charge is 0.506 e. The number of benzene rings is 2. The van der Waals surface area contributed by atoms with E-state index in [1.165, 1.54) is 4.80 Å². The van der Waals surface area contributed by atoms with Gasteiger partial charge >= 0.3 is 5.97 Å². The zero-order valence-electron chi connectivity index (χ0n) is 16.6. The number of hydrogen-bond acceptors (Lipinski definition) is 5. The highest BCUT2D eigenvalue weighted by Gasteiger charge is 2.13. The van der Waals surface area contributed by atoms with Crippen LogP contribution in [0, 0.1) is 5.41 Å². The van der Waals surface area contributed by atoms with Crippen LogP contribution in [0.4, 0.5) is 0 Å². The van der Waals surface area contributed by atoms with Gasteiger partial charge in [0.25, 0.3) is 0 Å². The summed E-state index contributed by atoms with van der Waals surface area (Å²) in [5.74, 6) is -0.223. The number of phenols is 1. The van der Waals surface area contributed by atoms with E-state index in [0.29, 0.717) is 17.7 Å². The molecule has 0 aliphatic rings. The predicted octanol–water partition coefficient (Wildman–Crippen LogP) is 4.20. The second-order valence-electron chi connectivity index (χ2n) is 7.88. The van der Waals surface area contributed by atoms with Gasteiger partial charge in [-0.05, 0) is 42.2 Å². The van der Waals surface area contributed by atoms with Crippen LogP contribution in [0.2, 0.25) is 0 Å². The van der Waals surface area contributed by atoms with Crippen LogP contribution in [-0.2, 0) is 16.0 Å². The Balaban J connectivity index is 1.70. The van der Waals surface area contributed by atoms with Gasteiger partial charge in [-0.25, -0.2) is 4.79 Å². The number of hydrogen-bond donors (Lipinski definition) is 1. The lowest BCUT2D eigenvalue weighted by Crippen LogP contribution is -2.12. The molecule has 0 amide bonds. The van der Waals surface area contributed by atoms with E-state index < -0.39 is 0 Å². The number of rotatable bonds is 5. The van der Waals surface area contributed by atoms with Gasteiger partial charge in [-0.15, -0.1) is 15.0 Å². The van der Waals surface area contributed by atoms with E-state index in [1.54, 1.807) is 25.1 Å². The normalized spacial score (nSPS) is 12.4. The van der Waals surface area contributed by atoms with Crippen molar-refractivity contribution in [2.75, 3.05) is 6.61 Å². The maximum Gasteiger partial charge on any atom is 0.333 e. The van der Waals surface area contributed by atoms with Crippen molar-refractivity contribution in [3.63, 3.8) is 0 Å². The van der Waals surface area contributed by atoms with Crippen molar-refractivity contribution in [1.82, 2.24) is 15.0 Å². The third-order valence-corrected chi connectivity index (χ3v) is 4.14. The van der Waals surface area contributed by atoms with E-state index in [-0.39, 0.29) is 23.7 Å². The second-order valence-corrected chi connectivity index (χ2v) is 7.88.